The number of hydrogen-bond acceptors (Lipinski definition) is 21. The van der Waals surface area contributed by atoms with Gasteiger partial charge in [0.1, 0.15) is 70.2 Å². The van der Waals surface area contributed by atoms with Gasteiger partial charge in [0.25, 0.3) is 0 Å². The molecule has 0 saturated heterocycles. The fourth-order valence-corrected chi connectivity index (χ4v) is 15.2. The van der Waals surface area contributed by atoms with Gasteiger partial charge >= 0.3 is 186 Å². The van der Waals surface area contributed by atoms with Crippen LogP contribution in [0.1, 0.15) is 72.5 Å². The van der Waals surface area contributed by atoms with Crippen LogP contribution in [0.3, 0.4) is 0 Å². The van der Waals surface area contributed by atoms with E-state index in [1.54, 1.807) is 84.9 Å². The van der Waals surface area contributed by atoms with Gasteiger partial charge in [-0.25, -0.2) is 58.9 Å². The van der Waals surface area contributed by atoms with Gasteiger partial charge in [-0.05, 0) is 42.5 Å². The number of rotatable bonds is 0. The van der Waals surface area contributed by atoms with Gasteiger partial charge < -0.3 is 66.6 Å². The van der Waals surface area contributed by atoms with Crippen LogP contribution >= 0.6 is 0 Å². The Morgan fingerprint density at radius 3 is 0.393 bits per heavy atom. The molecular formula is C49H28BaCaKLiN7NaO21S7. The number of carbonyl (C=O) groups is 7. The van der Waals surface area contributed by atoms with Crippen LogP contribution in [0.4, 0.5) is 0 Å². The Balaban J connectivity index is 0.000000269. The van der Waals surface area contributed by atoms with Crippen LogP contribution in [-0.2, 0) is 70.2 Å². The van der Waals surface area contributed by atoms with Crippen LogP contribution in [0.15, 0.2) is 204 Å². The number of nitrogens with zero attached hydrogens (tertiary/aromatic N) is 7. The molecule has 0 aromatic heterocycles. The second-order valence-electron chi connectivity index (χ2n) is 16.6. The summed E-state index contributed by atoms with van der Waals surface area (Å²) in [6.07, 6.45) is 0. The Labute approximate surface area is 655 Å². The van der Waals surface area contributed by atoms with Gasteiger partial charge in [-0.15, -0.1) is 0 Å². The summed E-state index contributed by atoms with van der Waals surface area (Å²) < 4.78 is 176. The number of amides is 7. The van der Waals surface area contributed by atoms with Gasteiger partial charge in [-0.2, -0.15) is 0 Å². The standard InChI is InChI=1S/7C7H5NO3S.Ba.Ca.K.Li.Na/c7*9-7-5-3-1-2-4-6(5)12(10,11)8-7;;;;;/h7*1-4H,(H,8,9);;;;;/q;;;;;;;2*+2;3*+1/p-7. The summed E-state index contributed by atoms with van der Waals surface area (Å²) in [7, 11) is -25.8. The molecule has 0 fully saturated rings. The zero-order valence-corrected chi connectivity index (χ0v) is 63.1. The summed E-state index contributed by atoms with van der Waals surface area (Å²) in [4.78, 5) is 76.6. The third-order valence-electron chi connectivity index (χ3n) is 11.2. The Morgan fingerprint density at radius 2 is 0.303 bits per heavy atom. The van der Waals surface area contributed by atoms with Crippen molar-refractivity contribution in [3.8, 4) is 0 Å². The first kappa shape index (κ1) is 79.8. The van der Waals surface area contributed by atoms with Gasteiger partial charge in [0.2, 0.25) is 0 Å². The van der Waals surface area contributed by atoms with Crippen molar-refractivity contribution < 1.29 is 192 Å². The molecule has 0 atom stereocenters. The Bertz CT molecular complexity index is 4050. The third kappa shape index (κ3) is 18.1. The maximum absolute atomic E-state index is 11.1. The van der Waals surface area contributed by atoms with E-state index < -0.39 is 112 Å². The topological polar surface area (TPSA) is 457 Å². The molecule has 7 amide bonds. The van der Waals surface area contributed by atoms with Crippen molar-refractivity contribution in [1.29, 1.82) is 0 Å². The molecule has 89 heavy (non-hydrogen) atoms. The molecule has 7 aliphatic heterocycles. The van der Waals surface area contributed by atoms with Crippen molar-refractivity contribution in [2.75, 3.05) is 0 Å². The van der Waals surface area contributed by atoms with Gasteiger partial charge in [0, 0.05) is 38.9 Å². The fourth-order valence-electron chi connectivity index (χ4n) is 7.53. The van der Waals surface area contributed by atoms with Crippen molar-refractivity contribution in [3.05, 3.63) is 242 Å². The van der Waals surface area contributed by atoms with E-state index in [1.165, 1.54) is 84.9 Å². The van der Waals surface area contributed by atoms with E-state index >= 15 is 0 Å². The van der Waals surface area contributed by atoms with Crippen molar-refractivity contribution in [2.45, 2.75) is 34.3 Å². The van der Waals surface area contributed by atoms with Gasteiger partial charge in [-0.3, -0.25) is 0 Å². The second-order valence-corrected chi connectivity index (χ2v) is 27.6. The Hall–Kier alpha value is -3.46. The maximum Gasteiger partial charge on any atom is 2.00 e. The summed E-state index contributed by atoms with van der Waals surface area (Å²) >= 11 is 0. The molecule has 14 rings (SSSR count). The zero-order chi connectivity index (χ0) is 61.4. The van der Waals surface area contributed by atoms with E-state index in [-0.39, 0.29) is 260 Å². The van der Waals surface area contributed by atoms with E-state index in [9.17, 15) is 92.5 Å². The molecule has 0 radical (unpaired) electrons. The molecule has 7 aromatic rings. The van der Waals surface area contributed by atoms with Gasteiger partial charge in [0.05, 0.1) is 75.6 Å². The number of fused-ring (bicyclic) bond motifs is 7. The quantitative estimate of drug-likeness (QED) is 0.133. The average Bonchev–Trinajstić information content (AvgIpc) is 2.93. The number of carbonyl (C=O) groups excluding carboxylic acids is 7. The smallest absolute Gasteiger partial charge is 0.537 e. The van der Waals surface area contributed by atoms with Crippen LogP contribution in [0.2, 0.25) is 0 Å². The van der Waals surface area contributed by atoms with E-state index in [2.05, 4.69) is 33.1 Å². The minimum Gasteiger partial charge on any atom is -0.537 e. The molecular weight excluding hydrogens is 1490 g/mol. The second kappa shape index (κ2) is 31.7. The monoisotopic (exact) mass is 1520 g/mol. The molecule has 0 spiro atoms. The molecule has 7 heterocycles. The molecule has 434 valence electrons. The molecule has 0 unspecified atom stereocenters. The van der Waals surface area contributed by atoms with Crippen molar-refractivity contribution in [2.24, 2.45) is 0 Å². The summed E-state index contributed by atoms with van der Waals surface area (Å²) in [5.74, 6) is -4.73. The van der Waals surface area contributed by atoms with Crippen molar-refractivity contribution in [3.63, 3.8) is 0 Å². The summed E-state index contributed by atoms with van der Waals surface area (Å²) in [5.41, 5.74) is 1.15. The first-order valence-electron chi connectivity index (χ1n) is 22.6. The summed E-state index contributed by atoms with van der Waals surface area (Å²) in [5, 5.41) is 0. The van der Waals surface area contributed by atoms with Crippen LogP contribution in [-0.4, -0.2) is 187 Å². The molecule has 0 saturated carbocycles. The van der Waals surface area contributed by atoms with Crippen LogP contribution < -0.4 is 99.8 Å². The largest absolute Gasteiger partial charge is 2.00 e. The first-order valence-corrected chi connectivity index (χ1v) is 32.7. The third-order valence-corrected chi connectivity index (χ3v) is 20.4. The van der Waals surface area contributed by atoms with Gasteiger partial charge in [0.15, 0.2) is 0 Å². The van der Waals surface area contributed by atoms with Gasteiger partial charge in [-0.1, -0.05) is 127 Å². The summed E-state index contributed by atoms with van der Waals surface area (Å²) in [6, 6.07) is 41.9. The fraction of sp³-hybridized carbons (Fsp3) is 0. The SMILES string of the molecule is O=C1[N-]S(=O)(=O)c2ccccc21.O=C1[N-]S(=O)(=O)c2ccccc21.O=C1[N-]S(=O)(=O)c2ccccc21.O=C1[N-]S(=O)(=O)c2ccccc21.O=C1[N-]S(=O)(=O)c2ccccc21.O=C1[N-]S(=O)(=O)c2ccccc21.O=C1[N-]S(=O)(=O)c2ccccc21.[Ba+2].[Ca+2].[K+].[Li+].[Na+]. The first-order chi connectivity index (χ1) is 39.3. The minimum atomic E-state index is -3.68. The molecule has 7 aliphatic rings. The maximum atomic E-state index is 11.1. The van der Waals surface area contributed by atoms with Crippen molar-refractivity contribution >= 4 is 198 Å². The molecule has 7 aromatic carbocycles. The molecule has 0 aliphatic carbocycles. The molecule has 0 bridgehead atoms. The zero-order valence-electron chi connectivity index (χ0n) is 45.6. The number of benzene rings is 7. The number of sulfonamides is 7. The Kier molecular flexibility index (Phi) is 28.4. The molecule has 0 N–H and O–H groups in total. The van der Waals surface area contributed by atoms with E-state index in [0.717, 1.165) is 0 Å². The average molecular weight is 1520 g/mol. The predicted molar refractivity (Wildman–Crippen MR) is 301 cm³/mol. The van der Waals surface area contributed by atoms with Crippen LogP contribution in [0, 0.1) is 0 Å². The van der Waals surface area contributed by atoms with Crippen LogP contribution in [0.25, 0.3) is 33.1 Å². The normalized spacial score (nSPS) is 17.5. The minimum absolute atomic E-state index is 0. The Morgan fingerprint density at radius 1 is 0.213 bits per heavy atom. The van der Waals surface area contributed by atoms with E-state index in [1.807, 2.05) is 0 Å². The summed E-state index contributed by atoms with van der Waals surface area (Å²) in [6.45, 7) is 0. The molecule has 40 heteroatoms. The molecule has 28 nitrogen and oxygen atoms in total. The van der Waals surface area contributed by atoms with Crippen molar-refractivity contribution in [1.82, 2.24) is 0 Å². The van der Waals surface area contributed by atoms with Crippen LogP contribution in [0.5, 0.6) is 0 Å². The predicted octanol–water partition coefficient (Wildman–Crippen LogP) is -3.43. The van der Waals surface area contributed by atoms with E-state index in [0.29, 0.717) is 0 Å². The number of hydrogen-bond donors (Lipinski definition) is 0. The van der Waals surface area contributed by atoms with E-state index in [4.69, 9.17) is 0 Å².